The Morgan fingerprint density at radius 3 is 2.42 bits per heavy atom. The zero-order valence-electron chi connectivity index (χ0n) is 24.8. The summed E-state index contributed by atoms with van der Waals surface area (Å²) in [6.07, 6.45) is 8.38. The lowest BCUT2D eigenvalue weighted by molar-refractivity contribution is -0.121. The van der Waals surface area contributed by atoms with Crippen LogP contribution < -0.4 is 15.0 Å². The van der Waals surface area contributed by atoms with Gasteiger partial charge in [0, 0.05) is 56.0 Å². The van der Waals surface area contributed by atoms with Crippen LogP contribution in [0, 0.1) is 11.6 Å². The molecule has 0 saturated carbocycles. The van der Waals surface area contributed by atoms with E-state index in [4.69, 9.17) is 4.74 Å². The van der Waals surface area contributed by atoms with E-state index in [1.54, 1.807) is 51.9 Å². The van der Waals surface area contributed by atoms with Crippen LogP contribution in [0.3, 0.4) is 0 Å². The van der Waals surface area contributed by atoms with Crippen LogP contribution in [-0.4, -0.2) is 55.4 Å². The van der Waals surface area contributed by atoms with Crippen molar-refractivity contribution < 1.29 is 27.9 Å². The maximum Gasteiger partial charge on any atom is 0.271 e. The number of imide groups is 1. The van der Waals surface area contributed by atoms with Crippen LogP contribution in [0.15, 0.2) is 91.3 Å². The van der Waals surface area contributed by atoms with Crippen LogP contribution in [0.4, 0.5) is 20.2 Å². The number of hydrogen-bond acceptors (Lipinski definition) is 7. The van der Waals surface area contributed by atoms with Gasteiger partial charge in [0.05, 0.1) is 23.9 Å². The molecule has 45 heavy (non-hydrogen) atoms. The van der Waals surface area contributed by atoms with E-state index < -0.39 is 29.0 Å². The number of pyridine rings is 1. The molecule has 230 valence electrons. The third-order valence-corrected chi connectivity index (χ3v) is 6.93. The van der Waals surface area contributed by atoms with E-state index in [2.05, 4.69) is 15.4 Å². The number of benzene rings is 2. The molecule has 0 radical (unpaired) electrons. The van der Waals surface area contributed by atoms with Gasteiger partial charge in [0.15, 0.2) is 17.3 Å². The third kappa shape index (κ3) is 6.72. The third-order valence-electron chi connectivity index (χ3n) is 6.93. The van der Waals surface area contributed by atoms with Gasteiger partial charge in [0.2, 0.25) is 6.41 Å². The minimum Gasteiger partial charge on any atom is -0.452 e. The minimum absolute atomic E-state index is 0.0342. The predicted molar refractivity (Wildman–Crippen MR) is 163 cm³/mol. The number of rotatable bonds is 10. The largest absolute Gasteiger partial charge is 0.452 e. The monoisotopic (exact) mass is 613 g/mol. The van der Waals surface area contributed by atoms with Crippen LogP contribution in [0.2, 0.25) is 0 Å². The van der Waals surface area contributed by atoms with Gasteiger partial charge in [-0.25, -0.2) is 23.2 Å². The fraction of sp³-hybridized carbons (Fsp3) is 0.156. The summed E-state index contributed by atoms with van der Waals surface area (Å²) in [5.41, 5.74) is 1.66. The predicted octanol–water partition coefficient (Wildman–Crippen LogP) is 5.16. The second-order valence-corrected chi connectivity index (χ2v) is 10.4. The van der Waals surface area contributed by atoms with Crippen LogP contribution in [0.5, 0.6) is 11.5 Å². The fourth-order valence-electron chi connectivity index (χ4n) is 4.28. The molecular formula is C32H29F2N7O4. The molecule has 0 aliphatic heterocycles. The lowest BCUT2D eigenvalue weighted by Gasteiger charge is -2.22. The Morgan fingerprint density at radius 1 is 1.02 bits per heavy atom. The number of aryl methyl sites for hydroxylation is 1. The van der Waals surface area contributed by atoms with Gasteiger partial charge in [-0.1, -0.05) is 0 Å². The molecule has 0 spiro atoms. The molecule has 0 fully saturated rings. The maximum atomic E-state index is 15.4. The smallest absolute Gasteiger partial charge is 0.271 e. The Labute approximate surface area is 257 Å². The highest BCUT2D eigenvalue weighted by molar-refractivity contribution is 6.30. The van der Waals surface area contributed by atoms with Gasteiger partial charge in [0.1, 0.15) is 16.9 Å². The number of halogens is 2. The van der Waals surface area contributed by atoms with E-state index >= 15 is 4.39 Å². The van der Waals surface area contributed by atoms with E-state index in [1.165, 1.54) is 30.5 Å². The molecule has 1 N–H and O–H groups in total. The number of nitrogens with one attached hydrogen (secondary N) is 1. The van der Waals surface area contributed by atoms with E-state index in [1.807, 2.05) is 27.1 Å². The second-order valence-electron chi connectivity index (χ2n) is 10.4. The Kier molecular flexibility index (Phi) is 8.70. The maximum absolute atomic E-state index is 15.4. The van der Waals surface area contributed by atoms with E-state index in [-0.39, 0.29) is 29.6 Å². The molecule has 3 aromatic heterocycles. The van der Waals surface area contributed by atoms with E-state index in [0.29, 0.717) is 27.4 Å². The lowest BCUT2D eigenvalue weighted by atomic mass is 10.1. The number of aromatic nitrogens is 4. The standard InChI is InChI=1S/C32H29F2N7O4/c1-20(2)39(4)16-25(32(44)40(19-42)24-8-5-22(33)6-9-24)31(43)37-23-7-10-29(26(34)14-23)45-30-13-21(27-17-38(3)18-35-27)15-41-28(30)11-12-36-41/h5-20H,1-4H3,(H,37,43)/b25-16-. The first-order valence-corrected chi connectivity index (χ1v) is 13.8. The molecule has 5 aromatic rings. The van der Waals surface area contributed by atoms with Crippen molar-refractivity contribution in [1.29, 1.82) is 0 Å². The zero-order chi connectivity index (χ0) is 32.2. The topological polar surface area (TPSA) is 114 Å². The Morgan fingerprint density at radius 2 is 1.78 bits per heavy atom. The van der Waals surface area contributed by atoms with Crippen LogP contribution in [0.25, 0.3) is 16.8 Å². The first kappa shape index (κ1) is 30.6. The number of fused-ring (bicyclic) bond motifs is 1. The van der Waals surface area contributed by atoms with Gasteiger partial charge < -0.3 is 19.5 Å². The van der Waals surface area contributed by atoms with Gasteiger partial charge in [-0.3, -0.25) is 14.4 Å². The number of hydrogen-bond donors (Lipinski definition) is 1. The van der Waals surface area contributed by atoms with Crippen molar-refractivity contribution in [2.24, 2.45) is 7.05 Å². The first-order valence-electron chi connectivity index (χ1n) is 13.8. The van der Waals surface area contributed by atoms with Gasteiger partial charge in [-0.2, -0.15) is 5.10 Å². The Hall–Kier alpha value is -5.85. The van der Waals surface area contributed by atoms with Crippen molar-refractivity contribution >= 4 is 35.1 Å². The van der Waals surface area contributed by atoms with Gasteiger partial charge >= 0.3 is 0 Å². The molecule has 0 aliphatic carbocycles. The summed E-state index contributed by atoms with van der Waals surface area (Å²) in [5, 5.41) is 6.79. The van der Waals surface area contributed by atoms with Crippen LogP contribution >= 0.6 is 0 Å². The van der Waals surface area contributed by atoms with Gasteiger partial charge in [-0.15, -0.1) is 0 Å². The SMILES string of the molecule is CC(C)N(C)/C=C(/C(=O)Nc1ccc(Oc2cc(-c3cn(C)cn3)cn3nccc23)c(F)c1)C(=O)N(C=O)c1ccc(F)cc1. The summed E-state index contributed by atoms with van der Waals surface area (Å²) < 4.78 is 38.2. The normalized spacial score (nSPS) is 11.5. The van der Waals surface area contributed by atoms with Crippen LogP contribution in [-0.2, 0) is 21.4 Å². The molecule has 0 atom stereocenters. The molecule has 3 heterocycles. The molecule has 0 bridgehead atoms. The summed E-state index contributed by atoms with van der Waals surface area (Å²) in [5.74, 6) is -2.99. The number of amides is 3. The number of carbonyl (C=O) groups is 3. The van der Waals surface area contributed by atoms with E-state index in [9.17, 15) is 18.8 Å². The molecule has 5 rings (SSSR count). The average molecular weight is 614 g/mol. The lowest BCUT2D eigenvalue weighted by Crippen LogP contribution is -2.36. The number of nitrogens with zero attached hydrogens (tertiary/aromatic N) is 6. The second kappa shape index (κ2) is 12.8. The summed E-state index contributed by atoms with van der Waals surface area (Å²) >= 11 is 0. The quantitative estimate of drug-likeness (QED) is 0.100. The molecule has 0 aliphatic rings. The van der Waals surface area contributed by atoms with Crippen molar-refractivity contribution in [3.63, 3.8) is 0 Å². The Balaban J connectivity index is 1.40. The van der Waals surface area contributed by atoms with Crippen molar-refractivity contribution in [2.75, 3.05) is 17.3 Å². The Bertz CT molecular complexity index is 1910. The molecule has 3 amide bonds. The molecule has 13 heteroatoms. The molecule has 0 unspecified atom stereocenters. The molecule has 11 nitrogen and oxygen atoms in total. The molecule has 0 saturated heterocycles. The first-order chi connectivity index (χ1) is 21.5. The number of ether oxygens (including phenoxy) is 1. The van der Waals surface area contributed by atoms with Crippen molar-refractivity contribution in [2.45, 2.75) is 19.9 Å². The van der Waals surface area contributed by atoms with Gasteiger partial charge in [-0.05, 0) is 62.4 Å². The fourth-order valence-corrected chi connectivity index (χ4v) is 4.28. The van der Waals surface area contributed by atoms with Gasteiger partial charge in [0.25, 0.3) is 11.8 Å². The van der Waals surface area contributed by atoms with Crippen molar-refractivity contribution in [1.82, 2.24) is 24.1 Å². The highest BCUT2D eigenvalue weighted by Gasteiger charge is 2.27. The minimum atomic E-state index is -0.959. The highest BCUT2D eigenvalue weighted by atomic mass is 19.1. The summed E-state index contributed by atoms with van der Waals surface area (Å²) in [7, 11) is 3.50. The molecular weight excluding hydrogens is 584 g/mol. The molecule has 2 aromatic carbocycles. The van der Waals surface area contributed by atoms with Crippen molar-refractivity contribution in [3.8, 4) is 22.8 Å². The summed E-state index contributed by atoms with van der Waals surface area (Å²) in [6.45, 7) is 3.68. The number of imidazole rings is 1. The number of carbonyl (C=O) groups excluding carboxylic acids is 3. The van der Waals surface area contributed by atoms with Crippen molar-refractivity contribution in [3.05, 3.63) is 103 Å². The average Bonchev–Trinajstić information content (AvgIpc) is 3.67. The summed E-state index contributed by atoms with van der Waals surface area (Å²) in [4.78, 5) is 45.4. The number of anilines is 2. The van der Waals surface area contributed by atoms with Crippen LogP contribution in [0.1, 0.15) is 13.8 Å². The highest BCUT2D eigenvalue weighted by Crippen LogP contribution is 2.33. The summed E-state index contributed by atoms with van der Waals surface area (Å²) in [6, 6.07) is 11.8. The van der Waals surface area contributed by atoms with E-state index in [0.717, 1.165) is 18.2 Å². The zero-order valence-corrected chi connectivity index (χ0v) is 24.8.